The molecule has 40 heavy (non-hydrogen) atoms. The van der Waals surface area contributed by atoms with E-state index in [1.54, 1.807) is 19.1 Å². The van der Waals surface area contributed by atoms with Crippen molar-refractivity contribution in [3.05, 3.63) is 90.5 Å². The smallest absolute Gasteiger partial charge is 0.330 e. The summed E-state index contributed by atoms with van der Waals surface area (Å²) in [6.45, 7) is 17.4. The van der Waals surface area contributed by atoms with Gasteiger partial charge in [-0.25, -0.2) is 4.79 Å². The van der Waals surface area contributed by atoms with Gasteiger partial charge in [0.15, 0.2) is 14.1 Å². The minimum Gasteiger partial charge on any atom is -0.458 e. The van der Waals surface area contributed by atoms with Crippen molar-refractivity contribution in [2.24, 2.45) is 5.92 Å². The first-order valence-corrected chi connectivity index (χ1v) is 17.6. The Morgan fingerprint density at radius 1 is 1.02 bits per heavy atom. The second-order valence-corrected chi connectivity index (χ2v) is 17.6. The Labute approximate surface area is 240 Å². The third-order valence-electron chi connectivity index (χ3n) is 7.11. The van der Waals surface area contributed by atoms with E-state index in [-0.39, 0.29) is 28.7 Å². The van der Waals surface area contributed by atoms with Crippen molar-refractivity contribution in [2.45, 2.75) is 76.3 Å². The van der Waals surface area contributed by atoms with Crippen molar-refractivity contribution in [3.8, 4) is 0 Å². The summed E-state index contributed by atoms with van der Waals surface area (Å²) in [5.41, 5.74) is 1.58. The van der Waals surface area contributed by atoms with Crippen LogP contribution in [0.1, 0.15) is 51.3 Å². The maximum absolute atomic E-state index is 14.1. The molecule has 0 heterocycles. The number of hydrogen-bond acceptors (Lipinski definition) is 7. The molecule has 0 unspecified atom stereocenters. The summed E-state index contributed by atoms with van der Waals surface area (Å²) in [5, 5.41) is -0.164. The maximum atomic E-state index is 14.1. The van der Waals surface area contributed by atoms with Gasteiger partial charge in [0.05, 0.1) is 11.0 Å². The molecule has 0 N–H and O–H groups in total. The van der Waals surface area contributed by atoms with Gasteiger partial charge in [-0.1, -0.05) is 94.5 Å². The van der Waals surface area contributed by atoms with E-state index in [0.29, 0.717) is 5.56 Å². The molecule has 2 aromatic carbocycles. The SMILES string of the molecule is C=CCOC(=O)/C=C/C[C@@H](OS(=O)(=O)c1ccc(C)cc1)[C@H](C)C(=O)[C@H](O[Si](C)(C)C(C)(C)C)c1ccccc1. The predicted octanol–water partition coefficient (Wildman–Crippen LogP) is 6.71. The average Bonchev–Trinajstić information content (AvgIpc) is 2.89. The van der Waals surface area contributed by atoms with Crippen LogP contribution in [-0.4, -0.2) is 41.2 Å². The highest BCUT2D eigenvalue weighted by molar-refractivity contribution is 7.86. The fourth-order valence-electron chi connectivity index (χ4n) is 3.55. The second-order valence-electron chi connectivity index (χ2n) is 11.3. The number of aryl methyl sites for hydroxylation is 1. The highest BCUT2D eigenvalue weighted by atomic mass is 32.2. The Balaban J connectivity index is 2.45. The molecule has 0 fully saturated rings. The first-order valence-electron chi connectivity index (χ1n) is 13.3. The third kappa shape index (κ3) is 9.37. The summed E-state index contributed by atoms with van der Waals surface area (Å²) in [6.07, 6.45) is 2.05. The minimum atomic E-state index is -4.22. The number of hydrogen-bond donors (Lipinski definition) is 0. The number of Topliss-reactive ketones (excluding diaryl/α,β-unsaturated/α-hetero) is 1. The molecule has 2 rings (SSSR count). The Kier molecular flexibility index (Phi) is 11.8. The molecule has 0 spiro atoms. The quantitative estimate of drug-likeness (QED) is 0.0798. The average molecular weight is 587 g/mol. The van der Waals surface area contributed by atoms with Crippen LogP contribution in [0.3, 0.4) is 0 Å². The zero-order valence-corrected chi connectivity index (χ0v) is 26.4. The lowest BCUT2D eigenvalue weighted by molar-refractivity contribution is -0.136. The minimum absolute atomic E-state index is 0.0192. The van der Waals surface area contributed by atoms with Crippen LogP contribution in [0.15, 0.2) is 84.3 Å². The van der Waals surface area contributed by atoms with Crippen LogP contribution in [0.5, 0.6) is 0 Å². The zero-order valence-electron chi connectivity index (χ0n) is 24.5. The molecule has 0 amide bonds. The van der Waals surface area contributed by atoms with E-state index in [0.717, 1.165) is 5.56 Å². The highest BCUT2D eigenvalue weighted by Gasteiger charge is 2.43. The van der Waals surface area contributed by atoms with Crippen molar-refractivity contribution in [3.63, 3.8) is 0 Å². The molecule has 0 bridgehead atoms. The van der Waals surface area contributed by atoms with E-state index in [2.05, 4.69) is 40.4 Å². The summed E-state index contributed by atoms with van der Waals surface area (Å²) in [5.74, 6) is -1.81. The molecular formula is C31H42O7SSi. The summed E-state index contributed by atoms with van der Waals surface area (Å²) < 4.78 is 43.7. The number of ketones is 1. The number of carbonyl (C=O) groups is 2. The van der Waals surface area contributed by atoms with Gasteiger partial charge in [-0.15, -0.1) is 0 Å². The van der Waals surface area contributed by atoms with Gasteiger partial charge in [0.1, 0.15) is 12.7 Å². The van der Waals surface area contributed by atoms with E-state index in [1.165, 1.54) is 30.4 Å². The van der Waals surface area contributed by atoms with Gasteiger partial charge < -0.3 is 9.16 Å². The Bertz CT molecular complexity index is 1280. The van der Waals surface area contributed by atoms with E-state index < -0.39 is 42.5 Å². The molecule has 2 aromatic rings. The molecule has 7 nitrogen and oxygen atoms in total. The van der Waals surface area contributed by atoms with Gasteiger partial charge in [-0.05, 0) is 49.2 Å². The molecule has 0 aromatic heterocycles. The molecule has 0 radical (unpaired) electrons. The Hall–Kier alpha value is -2.85. The predicted molar refractivity (Wildman–Crippen MR) is 160 cm³/mol. The van der Waals surface area contributed by atoms with Gasteiger partial charge in [-0.3, -0.25) is 8.98 Å². The number of carbonyl (C=O) groups excluding carboxylic acids is 2. The monoisotopic (exact) mass is 586 g/mol. The normalized spacial score (nSPS) is 14.9. The molecule has 218 valence electrons. The van der Waals surface area contributed by atoms with E-state index in [4.69, 9.17) is 13.3 Å². The molecular weight excluding hydrogens is 544 g/mol. The fraction of sp³-hybridized carbons (Fsp3) is 0.419. The van der Waals surface area contributed by atoms with Crippen LogP contribution in [0.4, 0.5) is 0 Å². The van der Waals surface area contributed by atoms with Gasteiger partial charge in [0, 0.05) is 12.0 Å². The molecule has 0 aliphatic heterocycles. The summed E-state index contributed by atoms with van der Waals surface area (Å²) >= 11 is 0. The molecule has 0 saturated heterocycles. The molecule has 0 aliphatic carbocycles. The molecule has 0 aliphatic rings. The van der Waals surface area contributed by atoms with Gasteiger partial charge in [-0.2, -0.15) is 8.42 Å². The van der Waals surface area contributed by atoms with Crippen molar-refractivity contribution in [1.82, 2.24) is 0 Å². The van der Waals surface area contributed by atoms with Crippen molar-refractivity contribution < 1.29 is 31.4 Å². The first kappa shape index (κ1) is 33.4. The lowest BCUT2D eigenvalue weighted by atomic mass is 9.91. The van der Waals surface area contributed by atoms with E-state index >= 15 is 0 Å². The van der Waals surface area contributed by atoms with Crippen LogP contribution in [0, 0.1) is 12.8 Å². The zero-order chi connectivity index (χ0) is 30.1. The van der Waals surface area contributed by atoms with Crippen LogP contribution in [0.25, 0.3) is 0 Å². The Morgan fingerprint density at radius 2 is 1.62 bits per heavy atom. The van der Waals surface area contributed by atoms with Gasteiger partial charge in [0.2, 0.25) is 0 Å². The Morgan fingerprint density at radius 3 is 2.17 bits per heavy atom. The van der Waals surface area contributed by atoms with Crippen LogP contribution >= 0.6 is 0 Å². The lowest BCUT2D eigenvalue weighted by Gasteiger charge is -2.39. The summed E-state index contributed by atoms with van der Waals surface area (Å²) in [6, 6.07) is 15.5. The van der Waals surface area contributed by atoms with E-state index in [1.807, 2.05) is 37.3 Å². The van der Waals surface area contributed by atoms with E-state index in [9.17, 15) is 18.0 Å². The topological polar surface area (TPSA) is 96.0 Å². The van der Waals surface area contributed by atoms with Crippen molar-refractivity contribution >= 4 is 30.2 Å². The second kappa shape index (κ2) is 14.2. The lowest BCUT2D eigenvalue weighted by Crippen LogP contribution is -2.45. The van der Waals surface area contributed by atoms with Crippen LogP contribution in [-0.2, 0) is 33.1 Å². The van der Waals surface area contributed by atoms with Crippen molar-refractivity contribution in [2.75, 3.05) is 6.61 Å². The molecule has 0 saturated carbocycles. The molecule has 3 atom stereocenters. The molecule has 9 heteroatoms. The standard InChI is InChI=1S/C31H42O7SSi/c1-9-22-36-28(32)17-13-16-27(37-39(34,35)26-20-18-23(2)19-21-26)24(3)29(33)30(25-14-11-10-12-15-25)38-40(7,8)31(4,5)6/h9-15,17-21,24,27,30H,1,16,22H2,2-8H3/b17-13+/t24-,27+,30+/m0/s1. The number of esters is 1. The van der Waals surface area contributed by atoms with Crippen molar-refractivity contribution in [1.29, 1.82) is 0 Å². The summed E-state index contributed by atoms with van der Waals surface area (Å²) in [7, 11) is -6.63. The van der Waals surface area contributed by atoms with Crippen LogP contribution < -0.4 is 0 Å². The third-order valence-corrected chi connectivity index (χ3v) is 12.9. The van der Waals surface area contributed by atoms with Gasteiger partial charge in [0.25, 0.3) is 10.1 Å². The maximum Gasteiger partial charge on any atom is 0.330 e. The fourth-order valence-corrected chi connectivity index (χ4v) is 5.90. The highest BCUT2D eigenvalue weighted by Crippen LogP contribution is 2.41. The first-order chi connectivity index (χ1) is 18.6. The largest absolute Gasteiger partial charge is 0.458 e. The number of ether oxygens (including phenoxy) is 1. The van der Waals surface area contributed by atoms with Gasteiger partial charge >= 0.3 is 5.97 Å². The summed E-state index contributed by atoms with van der Waals surface area (Å²) in [4.78, 5) is 26.0. The number of benzene rings is 2. The number of rotatable bonds is 14. The van der Waals surface area contributed by atoms with Crippen LogP contribution in [0.2, 0.25) is 18.1 Å².